The maximum atomic E-state index is 13.4. The first-order valence-corrected chi connectivity index (χ1v) is 16.3. The van der Waals surface area contributed by atoms with E-state index in [1.807, 2.05) is 30.3 Å². The fraction of sp³-hybridized carbons (Fsp3) is 0.209. The number of allylic oxidation sites excluding steroid dienone is 2. The predicted molar refractivity (Wildman–Crippen MR) is 189 cm³/mol. The maximum Gasteiger partial charge on any atom is 0.197 e. The smallest absolute Gasteiger partial charge is 0.197 e. The normalized spacial score (nSPS) is 15.6. The van der Waals surface area contributed by atoms with E-state index in [1.165, 1.54) is 22.3 Å². The number of hydrogen-bond donors (Lipinski definition) is 0. The number of para-hydroxylation sites is 2. The highest BCUT2D eigenvalue weighted by Crippen LogP contribution is 2.52. The summed E-state index contributed by atoms with van der Waals surface area (Å²) in [5.41, 5.74) is 10.2. The Labute approximate surface area is 272 Å². The number of hydrogen-bond acceptors (Lipinski definition) is 3. The molecular weight excluding hydrogens is 562 g/mol. The van der Waals surface area contributed by atoms with E-state index in [2.05, 4.69) is 118 Å². The zero-order chi connectivity index (χ0) is 32.1. The monoisotopic (exact) mass is 601 g/mol. The molecule has 0 radical (unpaired) electrons. The molecule has 0 amide bonds. The van der Waals surface area contributed by atoms with Gasteiger partial charge in [-0.05, 0) is 70.6 Å². The van der Waals surface area contributed by atoms with Crippen LogP contribution >= 0.6 is 0 Å². The molecular formula is C43H39NO2. The number of nitrogens with zero attached hydrogens (tertiary/aromatic N) is 1. The van der Waals surface area contributed by atoms with E-state index in [4.69, 9.17) is 0 Å². The van der Waals surface area contributed by atoms with Crippen LogP contribution in [0, 0.1) is 0 Å². The van der Waals surface area contributed by atoms with E-state index >= 15 is 0 Å². The van der Waals surface area contributed by atoms with Gasteiger partial charge in [0.25, 0.3) is 0 Å². The summed E-state index contributed by atoms with van der Waals surface area (Å²) in [7, 11) is 0. The van der Waals surface area contributed by atoms with Crippen LogP contribution in [0.3, 0.4) is 0 Å². The van der Waals surface area contributed by atoms with Crippen LogP contribution in [0.15, 0.2) is 133 Å². The second-order valence-electron chi connectivity index (χ2n) is 13.4. The Hall–Kier alpha value is -5.02. The first kappa shape index (κ1) is 29.7. The molecule has 228 valence electrons. The Morgan fingerprint density at radius 2 is 1.15 bits per heavy atom. The second kappa shape index (κ2) is 11.4. The van der Waals surface area contributed by atoms with E-state index in [0.29, 0.717) is 16.7 Å². The molecule has 0 spiro atoms. The summed E-state index contributed by atoms with van der Waals surface area (Å²) in [6.45, 7) is 8.99. The van der Waals surface area contributed by atoms with Crippen LogP contribution in [0.25, 0.3) is 11.1 Å². The zero-order valence-corrected chi connectivity index (χ0v) is 27.0. The van der Waals surface area contributed by atoms with Gasteiger partial charge in [0.15, 0.2) is 11.6 Å². The third-order valence-corrected chi connectivity index (χ3v) is 10.0. The van der Waals surface area contributed by atoms with Gasteiger partial charge in [-0.3, -0.25) is 9.59 Å². The molecule has 0 aromatic heterocycles. The van der Waals surface area contributed by atoms with Crippen molar-refractivity contribution in [2.24, 2.45) is 0 Å². The van der Waals surface area contributed by atoms with E-state index in [1.54, 1.807) is 12.1 Å². The topological polar surface area (TPSA) is 37.4 Å². The molecule has 0 saturated heterocycles. The van der Waals surface area contributed by atoms with Crippen LogP contribution in [-0.2, 0) is 10.8 Å². The summed E-state index contributed by atoms with van der Waals surface area (Å²) in [6, 6.07) is 41.8. The van der Waals surface area contributed by atoms with Crippen molar-refractivity contribution in [1.29, 1.82) is 0 Å². The van der Waals surface area contributed by atoms with Gasteiger partial charge in [-0.2, -0.15) is 0 Å². The van der Waals surface area contributed by atoms with Crippen molar-refractivity contribution in [3.05, 3.63) is 161 Å². The molecule has 0 fully saturated rings. The first-order valence-electron chi connectivity index (χ1n) is 16.3. The third-order valence-electron chi connectivity index (χ3n) is 10.0. The molecule has 0 N–H and O–H groups in total. The number of carbonyl (C=O) groups is 2. The zero-order valence-electron chi connectivity index (χ0n) is 27.0. The lowest BCUT2D eigenvalue weighted by atomic mass is 9.74. The van der Waals surface area contributed by atoms with E-state index in [0.717, 1.165) is 41.9 Å². The molecule has 1 unspecified atom stereocenters. The third kappa shape index (κ3) is 4.82. The number of unbranched alkanes of at least 4 members (excludes halogenated alkanes) is 1. The molecule has 2 aliphatic carbocycles. The van der Waals surface area contributed by atoms with Crippen molar-refractivity contribution >= 4 is 28.6 Å². The highest BCUT2D eigenvalue weighted by molar-refractivity contribution is 6.39. The van der Waals surface area contributed by atoms with Gasteiger partial charge in [0.2, 0.25) is 0 Å². The molecule has 7 rings (SSSR count). The molecule has 0 aliphatic heterocycles. The highest BCUT2D eigenvalue weighted by atomic mass is 16.2. The molecule has 2 aliphatic rings. The van der Waals surface area contributed by atoms with Gasteiger partial charge < -0.3 is 4.90 Å². The molecule has 0 saturated carbocycles. The Balaban J connectivity index is 1.31. The van der Waals surface area contributed by atoms with Crippen LogP contribution < -0.4 is 4.90 Å². The number of Topliss-reactive ketones (excluding diaryl/α,β-unsaturated/α-hetero) is 2. The van der Waals surface area contributed by atoms with Crippen molar-refractivity contribution in [1.82, 2.24) is 0 Å². The summed E-state index contributed by atoms with van der Waals surface area (Å²) >= 11 is 0. The quantitative estimate of drug-likeness (QED) is 0.131. The molecule has 0 heterocycles. The number of fused-ring (bicyclic) bond motifs is 4. The van der Waals surface area contributed by atoms with Crippen molar-refractivity contribution in [2.45, 2.75) is 57.8 Å². The standard InChI is InChI=1S/C43H39NO2/c1-5-6-25-43(4,28-37-40(45)35-19-13-14-20-36(35)41(37)46)29-21-23-33-34-24-22-32(27-39(34)42(2,3)38(33)26-29)44(30-15-9-7-10-16-30)31-17-11-8-12-18-31/h7-24,26-28H,5-6,25H2,1-4H3. The van der Waals surface area contributed by atoms with Crippen LogP contribution in [-0.4, -0.2) is 11.6 Å². The summed E-state index contributed by atoms with van der Waals surface area (Å²) in [5.74, 6) is -0.322. The van der Waals surface area contributed by atoms with E-state index in [9.17, 15) is 9.59 Å². The Morgan fingerprint density at radius 1 is 0.630 bits per heavy atom. The molecule has 1 atom stereocenters. The van der Waals surface area contributed by atoms with Gasteiger partial charge in [0.05, 0.1) is 5.57 Å². The van der Waals surface area contributed by atoms with Crippen LogP contribution in [0.4, 0.5) is 17.1 Å². The van der Waals surface area contributed by atoms with Gasteiger partial charge in [0, 0.05) is 39.0 Å². The number of rotatable bonds is 8. The summed E-state index contributed by atoms with van der Waals surface area (Å²) < 4.78 is 0. The SMILES string of the molecule is CCCCC(C)(C=C1C(=O)c2ccccc2C1=O)c1ccc2c(c1)C(C)(C)c1cc(N(c3ccccc3)c3ccccc3)ccc1-2. The van der Waals surface area contributed by atoms with Gasteiger partial charge in [-0.1, -0.05) is 132 Å². The minimum absolute atomic E-state index is 0.161. The minimum atomic E-state index is -0.471. The van der Waals surface area contributed by atoms with Crippen LogP contribution in [0.1, 0.15) is 84.4 Å². The predicted octanol–water partition coefficient (Wildman–Crippen LogP) is 10.9. The lowest BCUT2D eigenvalue weighted by Gasteiger charge is -2.30. The summed E-state index contributed by atoms with van der Waals surface area (Å²) in [4.78, 5) is 29.2. The molecule has 0 bridgehead atoms. The van der Waals surface area contributed by atoms with Crippen molar-refractivity contribution in [3.63, 3.8) is 0 Å². The molecule has 5 aromatic rings. The number of ketones is 2. The van der Waals surface area contributed by atoms with Crippen molar-refractivity contribution in [2.75, 3.05) is 4.90 Å². The summed E-state index contributed by atoms with van der Waals surface area (Å²) in [5, 5.41) is 0. The van der Waals surface area contributed by atoms with Crippen molar-refractivity contribution in [3.8, 4) is 11.1 Å². The molecule has 5 aromatic carbocycles. The van der Waals surface area contributed by atoms with Gasteiger partial charge in [-0.15, -0.1) is 0 Å². The maximum absolute atomic E-state index is 13.4. The van der Waals surface area contributed by atoms with Gasteiger partial charge in [-0.25, -0.2) is 0 Å². The fourth-order valence-corrected chi connectivity index (χ4v) is 7.39. The Kier molecular flexibility index (Phi) is 7.36. The molecule has 46 heavy (non-hydrogen) atoms. The fourth-order valence-electron chi connectivity index (χ4n) is 7.39. The van der Waals surface area contributed by atoms with E-state index < -0.39 is 5.41 Å². The number of benzene rings is 5. The van der Waals surface area contributed by atoms with Crippen molar-refractivity contribution < 1.29 is 9.59 Å². The lowest BCUT2D eigenvalue weighted by Crippen LogP contribution is -2.23. The second-order valence-corrected chi connectivity index (χ2v) is 13.4. The lowest BCUT2D eigenvalue weighted by molar-refractivity contribution is 0.0986. The average molecular weight is 602 g/mol. The largest absolute Gasteiger partial charge is 0.310 e. The van der Waals surface area contributed by atoms with Crippen LogP contribution in [0.2, 0.25) is 0 Å². The Morgan fingerprint density at radius 3 is 1.72 bits per heavy atom. The first-order chi connectivity index (χ1) is 22.2. The highest BCUT2D eigenvalue weighted by Gasteiger charge is 2.39. The minimum Gasteiger partial charge on any atom is -0.310 e. The van der Waals surface area contributed by atoms with Crippen LogP contribution in [0.5, 0.6) is 0 Å². The molecule has 3 nitrogen and oxygen atoms in total. The number of carbonyl (C=O) groups excluding carboxylic acids is 2. The van der Waals surface area contributed by atoms with Gasteiger partial charge in [0.1, 0.15) is 0 Å². The van der Waals surface area contributed by atoms with E-state index in [-0.39, 0.29) is 17.0 Å². The Bertz CT molecular complexity index is 1930. The number of anilines is 3. The molecule has 3 heteroatoms. The van der Waals surface area contributed by atoms with Gasteiger partial charge >= 0.3 is 0 Å². The average Bonchev–Trinajstić information content (AvgIpc) is 3.46. The summed E-state index contributed by atoms with van der Waals surface area (Å²) in [6.07, 6.45) is 4.85.